The smallest absolute Gasteiger partial charge is 0.309 e. The van der Waals surface area contributed by atoms with Crippen molar-refractivity contribution in [3.8, 4) is 0 Å². The molecule has 0 aromatic rings. The van der Waals surface area contributed by atoms with Gasteiger partial charge in [0.2, 0.25) is 0 Å². The molecule has 3 aliphatic rings. The minimum Gasteiger partial charge on any atom is -0.481 e. The number of fused-ring (bicyclic) bond motifs is 3. The van der Waals surface area contributed by atoms with Gasteiger partial charge in [0.25, 0.3) is 0 Å². The Morgan fingerprint density at radius 3 is 2.13 bits per heavy atom. The van der Waals surface area contributed by atoms with Crippen molar-refractivity contribution in [3.63, 3.8) is 0 Å². The van der Waals surface area contributed by atoms with Crippen LogP contribution in [0.2, 0.25) is 0 Å². The van der Waals surface area contributed by atoms with Crippen LogP contribution in [0.3, 0.4) is 0 Å². The maximum Gasteiger partial charge on any atom is 0.309 e. The third kappa shape index (κ3) is 1.78. The van der Waals surface area contributed by atoms with Crippen LogP contribution in [0.5, 0.6) is 0 Å². The van der Waals surface area contributed by atoms with Crippen LogP contribution in [0.25, 0.3) is 0 Å². The Kier molecular flexibility index (Phi) is 2.75. The number of aliphatic carboxylic acids is 1. The fourth-order valence-electron chi connectivity index (χ4n) is 3.12. The van der Waals surface area contributed by atoms with E-state index in [1.807, 2.05) is 6.92 Å². The van der Waals surface area contributed by atoms with E-state index in [0.29, 0.717) is 5.41 Å². The molecule has 3 fully saturated rings. The van der Waals surface area contributed by atoms with Crippen molar-refractivity contribution in [3.05, 3.63) is 0 Å². The molecule has 0 atom stereocenters. The summed E-state index contributed by atoms with van der Waals surface area (Å²) >= 11 is 0. The average Bonchev–Trinajstić information content (AvgIpc) is 2.29. The number of rotatable bonds is 4. The molecule has 3 saturated carbocycles. The zero-order valence-corrected chi connectivity index (χ0v) is 9.42. The van der Waals surface area contributed by atoms with E-state index in [9.17, 15) is 9.90 Å². The van der Waals surface area contributed by atoms with Gasteiger partial charge in [0.05, 0.1) is 12.0 Å². The highest BCUT2D eigenvalue weighted by Crippen LogP contribution is 2.56. The normalized spacial score (nSPS) is 39.3. The molecule has 3 aliphatic carbocycles. The Morgan fingerprint density at radius 2 is 1.73 bits per heavy atom. The molecule has 0 aromatic heterocycles. The van der Waals surface area contributed by atoms with Gasteiger partial charge in [-0.25, -0.2) is 0 Å². The summed E-state index contributed by atoms with van der Waals surface area (Å²) in [7, 11) is 0. The molecule has 3 heteroatoms. The maximum atomic E-state index is 11.2. The highest BCUT2D eigenvalue weighted by Gasteiger charge is 2.52. The summed E-state index contributed by atoms with van der Waals surface area (Å²) in [5, 5.41) is 9.24. The van der Waals surface area contributed by atoms with Crippen LogP contribution in [-0.2, 0) is 9.53 Å². The molecule has 0 spiro atoms. The molecule has 0 heterocycles. The molecule has 86 valence electrons. The second-order valence-corrected chi connectivity index (χ2v) is 5.22. The van der Waals surface area contributed by atoms with Crippen LogP contribution in [-0.4, -0.2) is 24.3 Å². The molecule has 3 rings (SSSR count). The molecule has 0 saturated heterocycles. The Bertz CT molecular complexity index is 235. The largest absolute Gasteiger partial charge is 0.481 e. The van der Waals surface area contributed by atoms with Crippen LogP contribution in [0.1, 0.15) is 45.4 Å². The lowest BCUT2D eigenvalue weighted by Gasteiger charge is -2.51. The second kappa shape index (κ2) is 3.78. The molecule has 0 unspecified atom stereocenters. The van der Waals surface area contributed by atoms with E-state index < -0.39 is 5.97 Å². The molecule has 15 heavy (non-hydrogen) atoms. The van der Waals surface area contributed by atoms with Gasteiger partial charge in [-0.15, -0.1) is 0 Å². The Morgan fingerprint density at radius 1 is 1.20 bits per heavy atom. The van der Waals surface area contributed by atoms with Gasteiger partial charge in [-0.1, -0.05) is 0 Å². The minimum atomic E-state index is -0.577. The number of carboxylic acids is 1. The third-order valence-electron chi connectivity index (χ3n) is 4.47. The SMILES string of the molecule is CCOCC12CCC(C(=O)O)(CC1)CC2. The van der Waals surface area contributed by atoms with Crippen molar-refractivity contribution in [2.24, 2.45) is 10.8 Å². The van der Waals surface area contributed by atoms with E-state index in [0.717, 1.165) is 51.7 Å². The van der Waals surface area contributed by atoms with Crippen molar-refractivity contribution < 1.29 is 14.6 Å². The van der Waals surface area contributed by atoms with Crippen LogP contribution in [0.15, 0.2) is 0 Å². The molecule has 2 bridgehead atoms. The van der Waals surface area contributed by atoms with Gasteiger partial charge in [-0.2, -0.15) is 0 Å². The van der Waals surface area contributed by atoms with Crippen molar-refractivity contribution in [2.45, 2.75) is 45.4 Å². The number of ether oxygens (including phenoxy) is 1. The monoisotopic (exact) mass is 212 g/mol. The van der Waals surface area contributed by atoms with Crippen LogP contribution < -0.4 is 0 Å². The van der Waals surface area contributed by atoms with E-state index in [1.54, 1.807) is 0 Å². The average molecular weight is 212 g/mol. The lowest BCUT2D eigenvalue weighted by Crippen LogP contribution is -2.47. The van der Waals surface area contributed by atoms with Crippen LogP contribution in [0.4, 0.5) is 0 Å². The maximum absolute atomic E-state index is 11.2. The number of carboxylic acid groups (broad SMARTS) is 1. The zero-order valence-electron chi connectivity index (χ0n) is 9.42. The second-order valence-electron chi connectivity index (χ2n) is 5.22. The molecular weight excluding hydrogens is 192 g/mol. The van der Waals surface area contributed by atoms with Gasteiger partial charge in [0.1, 0.15) is 0 Å². The standard InChI is InChI=1S/C12H20O3/c1-2-15-9-11-3-6-12(7-4-11,8-5-11)10(13)14/h2-9H2,1H3,(H,13,14). The minimum absolute atomic E-state index is 0.313. The highest BCUT2D eigenvalue weighted by atomic mass is 16.5. The summed E-state index contributed by atoms with van der Waals surface area (Å²) in [6, 6.07) is 0. The number of hydrogen-bond acceptors (Lipinski definition) is 2. The van der Waals surface area contributed by atoms with Gasteiger partial charge in [0.15, 0.2) is 0 Å². The summed E-state index contributed by atoms with van der Waals surface area (Å²) in [4.78, 5) is 11.2. The van der Waals surface area contributed by atoms with Crippen LogP contribution in [0, 0.1) is 10.8 Å². The van der Waals surface area contributed by atoms with Crippen LogP contribution >= 0.6 is 0 Å². The lowest BCUT2D eigenvalue weighted by atomic mass is 9.54. The molecule has 3 nitrogen and oxygen atoms in total. The lowest BCUT2D eigenvalue weighted by molar-refractivity contribution is -0.161. The van der Waals surface area contributed by atoms with E-state index in [1.165, 1.54) is 0 Å². The first-order valence-electron chi connectivity index (χ1n) is 5.94. The Balaban J connectivity index is 2.01. The van der Waals surface area contributed by atoms with Gasteiger partial charge < -0.3 is 9.84 Å². The van der Waals surface area contributed by atoms with E-state index in [4.69, 9.17) is 4.74 Å². The molecule has 1 N–H and O–H groups in total. The van der Waals surface area contributed by atoms with Gasteiger partial charge >= 0.3 is 5.97 Å². The van der Waals surface area contributed by atoms with Crippen molar-refractivity contribution in [2.75, 3.05) is 13.2 Å². The fourth-order valence-corrected chi connectivity index (χ4v) is 3.12. The zero-order chi connectivity index (χ0) is 10.9. The first kappa shape index (κ1) is 10.9. The Labute approximate surface area is 90.8 Å². The molecule has 0 radical (unpaired) electrons. The van der Waals surface area contributed by atoms with Crippen molar-refractivity contribution in [1.29, 1.82) is 0 Å². The number of carbonyl (C=O) groups is 1. The van der Waals surface area contributed by atoms with Crippen molar-refractivity contribution in [1.82, 2.24) is 0 Å². The number of hydrogen-bond donors (Lipinski definition) is 1. The highest BCUT2D eigenvalue weighted by molar-refractivity contribution is 5.75. The summed E-state index contributed by atoms with van der Waals surface area (Å²) in [5.74, 6) is -0.577. The quantitative estimate of drug-likeness (QED) is 0.778. The molecule has 0 aliphatic heterocycles. The van der Waals surface area contributed by atoms with Gasteiger partial charge in [-0.3, -0.25) is 4.79 Å². The Hall–Kier alpha value is -0.570. The fraction of sp³-hybridized carbons (Fsp3) is 0.917. The molecular formula is C12H20O3. The van der Waals surface area contributed by atoms with Gasteiger partial charge in [0, 0.05) is 6.61 Å². The topological polar surface area (TPSA) is 46.5 Å². The summed E-state index contributed by atoms with van der Waals surface area (Å²) in [6.07, 6.45) is 5.69. The van der Waals surface area contributed by atoms with Gasteiger partial charge in [-0.05, 0) is 50.9 Å². The van der Waals surface area contributed by atoms with E-state index in [2.05, 4.69) is 0 Å². The summed E-state index contributed by atoms with van der Waals surface area (Å²) < 4.78 is 5.54. The molecule has 0 aromatic carbocycles. The summed E-state index contributed by atoms with van der Waals surface area (Å²) in [6.45, 7) is 3.62. The first-order valence-corrected chi connectivity index (χ1v) is 5.94. The molecule has 0 amide bonds. The predicted octanol–water partition coefficient (Wildman–Crippen LogP) is 2.45. The summed E-state index contributed by atoms with van der Waals surface area (Å²) in [5.41, 5.74) is -0.0683. The van der Waals surface area contributed by atoms with E-state index >= 15 is 0 Å². The first-order chi connectivity index (χ1) is 7.13. The third-order valence-corrected chi connectivity index (χ3v) is 4.47. The predicted molar refractivity (Wildman–Crippen MR) is 56.7 cm³/mol. The van der Waals surface area contributed by atoms with E-state index in [-0.39, 0.29) is 5.41 Å². The van der Waals surface area contributed by atoms with Crippen molar-refractivity contribution >= 4 is 5.97 Å².